The van der Waals surface area contributed by atoms with Crippen LogP contribution in [0.25, 0.3) is 0 Å². The van der Waals surface area contributed by atoms with Gasteiger partial charge < -0.3 is 15.0 Å². The van der Waals surface area contributed by atoms with Crippen LogP contribution in [0.3, 0.4) is 0 Å². The fourth-order valence-electron chi connectivity index (χ4n) is 3.45. The Morgan fingerprint density at radius 3 is 2.57 bits per heavy atom. The van der Waals surface area contributed by atoms with Gasteiger partial charge in [-0.3, -0.25) is 9.10 Å². The Labute approximate surface area is 173 Å². The molecule has 0 aliphatic carbocycles. The number of hydrogen-bond donors (Lipinski definition) is 1. The lowest BCUT2D eigenvalue weighted by Crippen LogP contribution is -2.48. The molecule has 0 unspecified atom stereocenters. The van der Waals surface area contributed by atoms with Gasteiger partial charge in [0, 0.05) is 6.54 Å². The third-order valence-corrected chi connectivity index (χ3v) is 6.41. The van der Waals surface area contributed by atoms with Gasteiger partial charge in [0.05, 0.1) is 24.1 Å². The molecular formula is C19H30ClN3O4S. The van der Waals surface area contributed by atoms with Crippen LogP contribution in [0.2, 0.25) is 5.02 Å². The second kappa shape index (κ2) is 10.3. The van der Waals surface area contributed by atoms with E-state index < -0.39 is 16.1 Å². The smallest absolute Gasteiger partial charge is 0.243 e. The van der Waals surface area contributed by atoms with E-state index in [1.807, 2.05) is 0 Å². The van der Waals surface area contributed by atoms with Crippen molar-refractivity contribution in [1.29, 1.82) is 0 Å². The molecule has 0 bridgehead atoms. The second-order valence-corrected chi connectivity index (χ2v) is 9.37. The quantitative estimate of drug-likeness (QED) is 0.608. The number of carbonyl (C=O) groups is 1. The summed E-state index contributed by atoms with van der Waals surface area (Å²) >= 11 is 6.13. The molecule has 7 nitrogen and oxygen atoms in total. The van der Waals surface area contributed by atoms with Gasteiger partial charge in [0.15, 0.2) is 0 Å². The molecule has 1 aromatic rings. The van der Waals surface area contributed by atoms with Crippen molar-refractivity contribution in [2.45, 2.75) is 38.6 Å². The monoisotopic (exact) mass is 431 g/mol. The number of halogens is 1. The van der Waals surface area contributed by atoms with E-state index in [0.29, 0.717) is 18.0 Å². The van der Waals surface area contributed by atoms with Crippen LogP contribution in [-0.2, 0) is 14.8 Å². The van der Waals surface area contributed by atoms with Gasteiger partial charge in [-0.15, -0.1) is 0 Å². The zero-order valence-corrected chi connectivity index (χ0v) is 18.4. The molecule has 28 heavy (non-hydrogen) atoms. The van der Waals surface area contributed by atoms with Gasteiger partial charge in [0.1, 0.15) is 11.8 Å². The Balaban J connectivity index is 1.99. The number of sulfonamides is 1. The van der Waals surface area contributed by atoms with E-state index in [-0.39, 0.29) is 10.9 Å². The minimum atomic E-state index is -3.68. The van der Waals surface area contributed by atoms with E-state index in [9.17, 15) is 13.2 Å². The van der Waals surface area contributed by atoms with Gasteiger partial charge >= 0.3 is 0 Å². The highest BCUT2D eigenvalue weighted by atomic mass is 35.5. The number of methoxy groups -OCH3 is 1. The number of amides is 1. The number of benzene rings is 1. The molecule has 1 saturated heterocycles. The number of ether oxygens (including phenoxy) is 1. The van der Waals surface area contributed by atoms with Gasteiger partial charge in [-0.05, 0) is 64.0 Å². The van der Waals surface area contributed by atoms with E-state index in [1.54, 1.807) is 19.1 Å². The first-order chi connectivity index (χ1) is 13.2. The van der Waals surface area contributed by atoms with Crippen molar-refractivity contribution in [2.24, 2.45) is 0 Å². The van der Waals surface area contributed by atoms with Crippen LogP contribution in [0.5, 0.6) is 5.75 Å². The summed E-state index contributed by atoms with van der Waals surface area (Å²) < 4.78 is 30.9. The summed E-state index contributed by atoms with van der Waals surface area (Å²) in [6.07, 6.45) is 5.67. The minimum Gasteiger partial charge on any atom is -0.495 e. The Bertz CT molecular complexity index is 766. The number of likely N-dealkylation sites (tertiary alicyclic amines) is 1. The van der Waals surface area contributed by atoms with Gasteiger partial charge in [0.25, 0.3) is 0 Å². The number of piperidine rings is 1. The third-order valence-electron chi connectivity index (χ3n) is 4.88. The summed E-state index contributed by atoms with van der Waals surface area (Å²) in [5, 5.41) is 3.13. The van der Waals surface area contributed by atoms with Crippen LogP contribution < -0.4 is 14.4 Å². The molecular weight excluding hydrogens is 402 g/mol. The van der Waals surface area contributed by atoms with E-state index in [1.165, 1.54) is 32.4 Å². The van der Waals surface area contributed by atoms with E-state index in [0.717, 1.165) is 36.6 Å². The molecule has 158 valence electrons. The summed E-state index contributed by atoms with van der Waals surface area (Å²) in [4.78, 5) is 15.0. The van der Waals surface area contributed by atoms with Crippen LogP contribution in [0.15, 0.2) is 18.2 Å². The average molecular weight is 432 g/mol. The molecule has 1 aliphatic heterocycles. The number of nitrogens with zero attached hydrogens (tertiary/aromatic N) is 2. The first-order valence-corrected chi connectivity index (χ1v) is 11.8. The lowest BCUT2D eigenvalue weighted by Gasteiger charge is -2.29. The number of rotatable bonds is 9. The van der Waals surface area contributed by atoms with Crippen molar-refractivity contribution < 1.29 is 17.9 Å². The molecule has 1 aliphatic rings. The molecule has 0 saturated carbocycles. The van der Waals surface area contributed by atoms with Crippen molar-refractivity contribution >= 4 is 33.2 Å². The van der Waals surface area contributed by atoms with E-state index >= 15 is 0 Å². The molecule has 1 aromatic carbocycles. The van der Waals surface area contributed by atoms with Gasteiger partial charge in [-0.25, -0.2) is 8.42 Å². The van der Waals surface area contributed by atoms with Gasteiger partial charge in [0.2, 0.25) is 15.9 Å². The molecule has 1 atom stereocenters. The van der Waals surface area contributed by atoms with Gasteiger partial charge in [-0.2, -0.15) is 0 Å². The molecule has 0 aromatic heterocycles. The molecule has 2 rings (SSSR count). The maximum absolute atomic E-state index is 12.6. The topological polar surface area (TPSA) is 79.0 Å². The Kier molecular flexibility index (Phi) is 8.39. The molecule has 1 N–H and O–H groups in total. The normalized spacial score (nSPS) is 16.4. The highest BCUT2D eigenvalue weighted by Gasteiger charge is 2.29. The molecule has 0 spiro atoms. The maximum Gasteiger partial charge on any atom is 0.243 e. The fraction of sp³-hybridized carbons (Fsp3) is 0.632. The Morgan fingerprint density at radius 2 is 2.00 bits per heavy atom. The predicted molar refractivity (Wildman–Crippen MR) is 113 cm³/mol. The van der Waals surface area contributed by atoms with Crippen LogP contribution in [0.1, 0.15) is 32.6 Å². The molecule has 1 fully saturated rings. The molecule has 9 heteroatoms. The summed E-state index contributed by atoms with van der Waals surface area (Å²) in [6.45, 7) is 5.26. The summed E-state index contributed by atoms with van der Waals surface area (Å²) in [6, 6.07) is 3.75. The lowest BCUT2D eigenvalue weighted by molar-refractivity contribution is -0.121. The largest absolute Gasteiger partial charge is 0.495 e. The van der Waals surface area contributed by atoms with Gasteiger partial charge in [-0.1, -0.05) is 18.0 Å². The van der Waals surface area contributed by atoms with Crippen molar-refractivity contribution in [3.63, 3.8) is 0 Å². The first kappa shape index (κ1) is 22.8. The van der Waals surface area contributed by atoms with Crippen LogP contribution >= 0.6 is 11.6 Å². The average Bonchev–Trinajstić information content (AvgIpc) is 2.65. The lowest BCUT2D eigenvalue weighted by atomic mass is 10.1. The maximum atomic E-state index is 12.6. The minimum absolute atomic E-state index is 0.280. The zero-order chi connectivity index (χ0) is 20.7. The van der Waals surface area contributed by atoms with Crippen LogP contribution in [-0.4, -0.2) is 64.8 Å². The van der Waals surface area contributed by atoms with Crippen molar-refractivity contribution in [2.75, 3.05) is 43.8 Å². The summed E-state index contributed by atoms with van der Waals surface area (Å²) in [7, 11) is -2.20. The van der Waals surface area contributed by atoms with E-state index in [4.69, 9.17) is 16.3 Å². The number of anilines is 1. The first-order valence-electron chi connectivity index (χ1n) is 9.57. The third kappa shape index (κ3) is 6.25. The number of carbonyl (C=O) groups excluding carboxylic acids is 1. The van der Waals surface area contributed by atoms with Crippen molar-refractivity contribution in [3.05, 3.63) is 23.2 Å². The van der Waals surface area contributed by atoms with E-state index in [2.05, 4.69) is 10.2 Å². The fourth-order valence-corrected chi connectivity index (χ4v) is 4.86. The highest BCUT2D eigenvalue weighted by Crippen LogP contribution is 2.31. The SMILES string of the molecule is COc1ccc(N([C@H](C)C(=O)NCCCN2CCCCC2)S(C)(=O)=O)cc1Cl. The molecule has 1 heterocycles. The number of nitrogens with one attached hydrogen (secondary N) is 1. The Hall–Kier alpha value is -1.51. The molecule has 0 radical (unpaired) electrons. The van der Waals surface area contributed by atoms with Crippen molar-refractivity contribution in [3.8, 4) is 5.75 Å². The van der Waals surface area contributed by atoms with Crippen LogP contribution in [0.4, 0.5) is 5.69 Å². The van der Waals surface area contributed by atoms with Crippen molar-refractivity contribution in [1.82, 2.24) is 10.2 Å². The second-order valence-electron chi connectivity index (χ2n) is 7.10. The zero-order valence-electron chi connectivity index (χ0n) is 16.8. The summed E-state index contributed by atoms with van der Waals surface area (Å²) in [5.41, 5.74) is 0.323. The highest BCUT2D eigenvalue weighted by molar-refractivity contribution is 7.92. The Morgan fingerprint density at radius 1 is 1.32 bits per heavy atom. The number of hydrogen-bond acceptors (Lipinski definition) is 5. The molecule has 1 amide bonds. The van der Waals surface area contributed by atoms with Crippen LogP contribution in [0, 0.1) is 0 Å². The predicted octanol–water partition coefficient (Wildman–Crippen LogP) is 2.50. The standard InChI is InChI=1S/C19H30ClN3O4S/c1-15(19(24)21-10-7-13-22-11-5-4-6-12-22)23(28(3,25)26)16-8-9-18(27-2)17(20)14-16/h8-9,14-15H,4-7,10-13H2,1-3H3,(H,21,24)/t15-/m1/s1. The summed E-state index contributed by atoms with van der Waals surface area (Å²) in [5.74, 6) is 0.102.